The molecule has 0 saturated heterocycles. The Morgan fingerprint density at radius 3 is 3.18 bits per heavy atom. The van der Waals surface area contributed by atoms with Gasteiger partial charge in [-0.15, -0.1) is 0 Å². The summed E-state index contributed by atoms with van der Waals surface area (Å²) < 4.78 is 2.19. The molecule has 0 aromatic rings. The maximum absolute atomic E-state index is 3.33. The quantitative estimate of drug-likeness (QED) is 0.517. The van der Waals surface area contributed by atoms with Gasteiger partial charge in [0, 0.05) is 13.6 Å². The fourth-order valence-electron chi connectivity index (χ4n) is 1.35. The van der Waals surface area contributed by atoms with E-state index in [1.54, 1.807) is 0 Å². The van der Waals surface area contributed by atoms with Crippen molar-refractivity contribution >= 4 is 22.9 Å². The number of likely N-dealkylation sites (N-methyl/N-ethyl adjacent to an activating group) is 1. The Hall–Kier alpha value is -0.390. The number of rotatable bonds is 0. The first-order valence-electron chi connectivity index (χ1n) is 3.58. The predicted molar refractivity (Wildman–Crippen MR) is 52.7 cm³/mol. The van der Waals surface area contributed by atoms with E-state index in [1.807, 2.05) is 0 Å². The van der Waals surface area contributed by atoms with E-state index >= 15 is 0 Å². The van der Waals surface area contributed by atoms with Gasteiger partial charge in [-0.25, -0.2) is 0 Å². The third kappa shape index (κ3) is 1.09. The van der Waals surface area contributed by atoms with Crippen LogP contribution in [0.2, 0.25) is 0 Å². The van der Waals surface area contributed by atoms with E-state index in [2.05, 4.69) is 55.4 Å². The molecule has 0 bridgehead atoms. The minimum absolute atomic E-state index is 0.951. The van der Waals surface area contributed by atoms with Gasteiger partial charge in [0.1, 0.15) is 12.5 Å². The fraction of sp³-hybridized carbons (Fsp3) is 0.429. The molecule has 0 aromatic carbocycles. The van der Waals surface area contributed by atoms with Crippen molar-refractivity contribution in [3.63, 3.8) is 0 Å². The van der Waals surface area contributed by atoms with E-state index in [0.717, 1.165) is 13.2 Å². The van der Waals surface area contributed by atoms with Gasteiger partial charge in [-0.2, -0.15) is 0 Å². The smallest absolute Gasteiger partial charge is 0.136 e. The summed E-state index contributed by atoms with van der Waals surface area (Å²) in [4.78, 5) is 2.23. The van der Waals surface area contributed by atoms with E-state index in [1.165, 1.54) is 11.5 Å². The molecule has 0 unspecified atom stereocenters. The van der Waals surface area contributed by atoms with Crippen LogP contribution in [-0.2, 0) is 0 Å². The van der Waals surface area contributed by atoms with Gasteiger partial charge in [0.15, 0.2) is 0 Å². The van der Waals surface area contributed by atoms with E-state index in [-0.39, 0.29) is 0 Å². The molecule has 0 fully saturated rings. The van der Waals surface area contributed by atoms with Crippen molar-refractivity contribution in [1.29, 1.82) is 0 Å². The van der Waals surface area contributed by atoms with Gasteiger partial charge in [0.25, 0.3) is 0 Å². The first-order chi connectivity index (χ1) is 5.29. The molecular formula is C7H10IN3. The van der Waals surface area contributed by atoms with E-state index < -0.39 is 0 Å². The van der Waals surface area contributed by atoms with Crippen LogP contribution in [-0.4, -0.2) is 28.3 Å². The molecule has 0 saturated carbocycles. The van der Waals surface area contributed by atoms with Crippen LogP contribution in [0.4, 0.5) is 0 Å². The molecule has 60 valence electrons. The monoisotopic (exact) mass is 263 g/mol. The van der Waals surface area contributed by atoms with Crippen LogP contribution in [0.1, 0.15) is 0 Å². The fourth-order valence-corrected chi connectivity index (χ4v) is 2.22. The summed E-state index contributed by atoms with van der Waals surface area (Å²) in [5.41, 5.74) is 1.30. The van der Waals surface area contributed by atoms with Gasteiger partial charge in [-0.05, 0) is 6.08 Å². The first kappa shape index (κ1) is 7.27. The Balaban J connectivity index is 2.33. The highest BCUT2D eigenvalue weighted by Gasteiger charge is 2.24. The minimum Gasteiger partial charge on any atom is -0.366 e. The lowest BCUT2D eigenvalue weighted by Gasteiger charge is -2.14. The van der Waals surface area contributed by atoms with Crippen molar-refractivity contribution in [2.45, 2.75) is 0 Å². The maximum atomic E-state index is 3.33. The number of hydrogen-bond acceptors (Lipinski definition) is 3. The SMILES string of the molecule is CN1CN(I)C2=C1C=CCN2. The lowest BCUT2D eigenvalue weighted by Crippen LogP contribution is -2.23. The lowest BCUT2D eigenvalue weighted by atomic mass is 10.3. The van der Waals surface area contributed by atoms with Crippen LogP contribution in [0.3, 0.4) is 0 Å². The van der Waals surface area contributed by atoms with E-state index in [0.29, 0.717) is 0 Å². The lowest BCUT2D eigenvalue weighted by molar-refractivity contribution is 0.403. The molecule has 0 aromatic heterocycles. The van der Waals surface area contributed by atoms with Crippen LogP contribution in [0.15, 0.2) is 23.7 Å². The third-order valence-electron chi connectivity index (χ3n) is 1.90. The second-order valence-electron chi connectivity index (χ2n) is 2.72. The molecule has 4 heteroatoms. The molecule has 1 N–H and O–H groups in total. The van der Waals surface area contributed by atoms with Crippen LogP contribution >= 0.6 is 22.9 Å². The zero-order valence-corrected chi connectivity index (χ0v) is 8.50. The Morgan fingerprint density at radius 1 is 1.64 bits per heavy atom. The molecule has 2 aliphatic heterocycles. The van der Waals surface area contributed by atoms with Gasteiger partial charge in [-0.1, -0.05) is 6.08 Å². The molecule has 2 aliphatic rings. The second-order valence-corrected chi connectivity index (χ2v) is 3.88. The maximum Gasteiger partial charge on any atom is 0.136 e. The highest BCUT2D eigenvalue weighted by atomic mass is 127. The van der Waals surface area contributed by atoms with Crippen molar-refractivity contribution < 1.29 is 0 Å². The zero-order valence-electron chi connectivity index (χ0n) is 6.34. The van der Waals surface area contributed by atoms with Gasteiger partial charge in [-0.3, -0.25) is 3.11 Å². The molecule has 0 spiro atoms. The van der Waals surface area contributed by atoms with Crippen LogP contribution < -0.4 is 5.32 Å². The predicted octanol–water partition coefficient (Wildman–Crippen LogP) is 0.870. The molecule has 11 heavy (non-hydrogen) atoms. The standard InChI is InChI=1S/C7H10IN3/c1-10-5-11(8)7-6(10)3-2-4-9-7/h2-3,9H,4-5H2,1H3. The summed E-state index contributed by atoms with van der Waals surface area (Å²) in [5, 5.41) is 3.33. The van der Waals surface area contributed by atoms with Gasteiger partial charge in [0.2, 0.25) is 0 Å². The van der Waals surface area contributed by atoms with Crippen LogP contribution in [0.25, 0.3) is 0 Å². The van der Waals surface area contributed by atoms with Crippen molar-refractivity contribution in [3.8, 4) is 0 Å². The second kappa shape index (κ2) is 2.58. The zero-order chi connectivity index (χ0) is 7.84. The summed E-state index contributed by atoms with van der Waals surface area (Å²) in [5.74, 6) is 1.25. The van der Waals surface area contributed by atoms with Crippen LogP contribution in [0, 0.1) is 0 Å². The van der Waals surface area contributed by atoms with Crippen molar-refractivity contribution in [2.75, 3.05) is 20.3 Å². The largest absolute Gasteiger partial charge is 0.366 e. The topological polar surface area (TPSA) is 18.5 Å². The van der Waals surface area contributed by atoms with Crippen molar-refractivity contribution in [1.82, 2.24) is 13.3 Å². The first-order valence-corrected chi connectivity index (χ1v) is 4.54. The Bertz CT molecular complexity index is 234. The summed E-state index contributed by atoms with van der Waals surface area (Å²) >= 11 is 2.32. The Kier molecular flexibility index (Phi) is 1.71. The highest BCUT2D eigenvalue weighted by Crippen LogP contribution is 2.25. The van der Waals surface area contributed by atoms with Crippen molar-refractivity contribution in [3.05, 3.63) is 23.7 Å². The number of nitrogens with zero attached hydrogens (tertiary/aromatic N) is 2. The highest BCUT2D eigenvalue weighted by molar-refractivity contribution is 14.1. The molecule has 0 aliphatic carbocycles. The minimum atomic E-state index is 0.951. The molecule has 0 amide bonds. The average Bonchev–Trinajstić information content (AvgIpc) is 2.30. The normalized spacial score (nSPS) is 22.4. The number of dihydropyridines is 1. The number of nitrogens with one attached hydrogen (secondary N) is 1. The summed E-state index contributed by atoms with van der Waals surface area (Å²) in [6.45, 7) is 1.93. The molecular weight excluding hydrogens is 253 g/mol. The van der Waals surface area contributed by atoms with E-state index in [9.17, 15) is 0 Å². The summed E-state index contributed by atoms with van der Waals surface area (Å²) in [6.07, 6.45) is 4.32. The third-order valence-corrected chi connectivity index (χ3v) is 2.68. The number of halogens is 1. The molecule has 2 rings (SSSR count). The average molecular weight is 263 g/mol. The molecule has 3 nitrogen and oxygen atoms in total. The summed E-state index contributed by atoms with van der Waals surface area (Å²) in [7, 11) is 2.10. The Morgan fingerprint density at radius 2 is 2.45 bits per heavy atom. The van der Waals surface area contributed by atoms with Gasteiger partial charge < -0.3 is 10.2 Å². The summed E-state index contributed by atoms with van der Waals surface area (Å²) in [6, 6.07) is 0. The van der Waals surface area contributed by atoms with Crippen LogP contribution in [0.5, 0.6) is 0 Å². The number of allylic oxidation sites excluding steroid dienone is 1. The van der Waals surface area contributed by atoms with Crippen molar-refractivity contribution in [2.24, 2.45) is 0 Å². The Labute approximate surface area is 80.2 Å². The van der Waals surface area contributed by atoms with Gasteiger partial charge in [0.05, 0.1) is 28.6 Å². The number of hydrogen-bond donors (Lipinski definition) is 1. The molecule has 0 radical (unpaired) electrons. The molecule has 2 heterocycles. The van der Waals surface area contributed by atoms with Gasteiger partial charge >= 0.3 is 0 Å². The van der Waals surface area contributed by atoms with E-state index in [4.69, 9.17) is 0 Å². The molecule has 0 atom stereocenters.